The predicted octanol–water partition coefficient (Wildman–Crippen LogP) is 3.13. The average molecular weight is 344 g/mol. The Kier molecular flexibility index (Phi) is 5.07. The molecule has 6 heteroatoms. The van der Waals surface area contributed by atoms with E-state index in [2.05, 4.69) is 4.74 Å². The lowest BCUT2D eigenvalue weighted by molar-refractivity contribution is -0.141. The van der Waals surface area contributed by atoms with E-state index in [9.17, 15) is 9.18 Å². The molecule has 2 aromatic carbocycles. The molecule has 0 amide bonds. The van der Waals surface area contributed by atoms with Crippen LogP contribution in [-0.4, -0.2) is 25.7 Å². The molecule has 0 bridgehead atoms. The highest BCUT2D eigenvalue weighted by Crippen LogP contribution is 2.39. The fourth-order valence-corrected chi connectivity index (χ4v) is 2.98. The highest BCUT2D eigenvalue weighted by Gasteiger charge is 2.29. The number of hydrogen-bond donors (Lipinski definition) is 1. The molecular formula is C19H21FN2O3. The number of fused-ring (bicyclic) bond motifs is 1. The van der Waals surface area contributed by atoms with E-state index in [1.165, 1.54) is 13.2 Å². The SMILES string of the molecule is COC(=O)CCC1CN(Cc2ccccc2)c2cc(N)cc(F)c2O1. The number of benzene rings is 2. The van der Waals surface area contributed by atoms with E-state index in [4.69, 9.17) is 10.5 Å². The van der Waals surface area contributed by atoms with E-state index in [0.29, 0.717) is 30.9 Å². The Hall–Kier alpha value is -2.76. The highest BCUT2D eigenvalue weighted by molar-refractivity contribution is 5.69. The van der Waals surface area contributed by atoms with Crippen molar-refractivity contribution < 1.29 is 18.7 Å². The van der Waals surface area contributed by atoms with Gasteiger partial charge in [-0.25, -0.2) is 4.39 Å². The van der Waals surface area contributed by atoms with Gasteiger partial charge in [0, 0.05) is 24.7 Å². The van der Waals surface area contributed by atoms with Crippen LogP contribution in [0, 0.1) is 5.82 Å². The second-order valence-corrected chi connectivity index (χ2v) is 6.07. The first-order valence-corrected chi connectivity index (χ1v) is 8.18. The molecule has 5 nitrogen and oxygen atoms in total. The van der Waals surface area contributed by atoms with Crippen molar-refractivity contribution in [2.24, 2.45) is 0 Å². The summed E-state index contributed by atoms with van der Waals surface area (Å²) in [7, 11) is 1.35. The Morgan fingerprint density at radius 3 is 2.84 bits per heavy atom. The monoisotopic (exact) mass is 344 g/mol. The van der Waals surface area contributed by atoms with Crippen molar-refractivity contribution in [2.45, 2.75) is 25.5 Å². The molecule has 0 saturated carbocycles. The van der Waals surface area contributed by atoms with Crippen molar-refractivity contribution in [1.82, 2.24) is 0 Å². The van der Waals surface area contributed by atoms with Crippen LogP contribution in [0.3, 0.4) is 0 Å². The van der Waals surface area contributed by atoms with Gasteiger partial charge in [-0.05, 0) is 18.1 Å². The number of nitrogens with two attached hydrogens (primary N) is 1. The number of halogens is 1. The van der Waals surface area contributed by atoms with Crippen LogP contribution in [0.15, 0.2) is 42.5 Å². The largest absolute Gasteiger partial charge is 0.483 e. The molecule has 0 aliphatic carbocycles. The summed E-state index contributed by atoms with van der Waals surface area (Å²) in [6, 6.07) is 12.9. The lowest BCUT2D eigenvalue weighted by Crippen LogP contribution is -2.40. The maximum atomic E-state index is 14.4. The van der Waals surface area contributed by atoms with Crippen molar-refractivity contribution in [3.05, 3.63) is 53.8 Å². The first-order valence-electron chi connectivity index (χ1n) is 8.18. The molecule has 3 rings (SSSR count). The van der Waals surface area contributed by atoms with Gasteiger partial charge in [-0.15, -0.1) is 0 Å². The molecule has 2 N–H and O–H groups in total. The lowest BCUT2D eigenvalue weighted by atomic mass is 10.1. The van der Waals surface area contributed by atoms with E-state index in [0.717, 1.165) is 5.56 Å². The predicted molar refractivity (Wildman–Crippen MR) is 94.0 cm³/mol. The summed E-state index contributed by atoms with van der Waals surface area (Å²) < 4.78 is 24.8. The minimum absolute atomic E-state index is 0.186. The normalized spacial score (nSPS) is 16.1. The second kappa shape index (κ2) is 7.42. The standard InChI is InChI=1S/C19H21FN2O3/c1-24-18(23)8-7-15-12-22(11-13-5-3-2-4-6-13)17-10-14(21)9-16(20)19(17)25-15/h2-6,9-10,15H,7-8,11-12,21H2,1H3. The fourth-order valence-electron chi connectivity index (χ4n) is 2.98. The Labute approximate surface area is 146 Å². The van der Waals surface area contributed by atoms with Gasteiger partial charge in [0.25, 0.3) is 0 Å². The van der Waals surface area contributed by atoms with Crippen LogP contribution in [0.5, 0.6) is 5.75 Å². The molecule has 2 aromatic rings. The minimum atomic E-state index is -0.490. The lowest BCUT2D eigenvalue weighted by Gasteiger charge is -2.36. The van der Waals surface area contributed by atoms with Crippen molar-refractivity contribution >= 4 is 17.3 Å². The maximum absolute atomic E-state index is 14.4. The van der Waals surface area contributed by atoms with Crippen LogP contribution < -0.4 is 15.4 Å². The molecule has 132 valence electrons. The van der Waals surface area contributed by atoms with Gasteiger partial charge in [0.1, 0.15) is 6.10 Å². The number of methoxy groups -OCH3 is 1. The Balaban J connectivity index is 1.86. The van der Waals surface area contributed by atoms with Crippen molar-refractivity contribution in [1.29, 1.82) is 0 Å². The van der Waals surface area contributed by atoms with Gasteiger partial charge in [0.15, 0.2) is 11.6 Å². The van der Waals surface area contributed by atoms with Gasteiger partial charge in [-0.3, -0.25) is 4.79 Å². The molecular weight excluding hydrogens is 323 g/mol. The topological polar surface area (TPSA) is 64.8 Å². The number of hydrogen-bond acceptors (Lipinski definition) is 5. The Morgan fingerprint density at radius 2 is 2.12 bits per heavy atom. The molecule has 0 saturated heterocycles. The molecule has 1 atom stereocenters. The number of nitrogen functional groups attached to an aromatic ring is 1. The fraction of sp³-hybridized carbons (Fsp3) is 0.316. The van der Waals surface area contributed by atoms with Crippen LogP contribution in [0.1, 0.15) is 18.4 Å². The smallest absolute Gasteiger partial charge is 0.305 e. The van der Waals surface area contributed by atoms with Crippen LogP contribution in [0.4, 0.5) is 15.8 Å². The van der Waals surface area contributed by atoms with E-state index in [1.807, 2.05) is 35.2 Å². The maximum Gasteiger partial charge on any atom is 0.305 e. The number of anilines is 2. The molecule has 0 spiro atoms. The van der Waals surface area contributed by atoms with Gasteiger partial charge in [-0.1, -0.05) is 30.3 Å². The van der Waals surface area contributed by atoms with Crippen molar-refractivity contribution in [3.8, 4) is 5.75 Å². The number of nitrogens with zero attached hydrogens (tertiary/aromatic N) is 1. The quantitative estimate of drug-likeness (QED) is 0.667. The zero-order valence-corrected chi connectivity index (χ0v) is 14.1. The van der Waals surface area contributed by atoms with Crippen LogP contribution in [-0.2, 0) is 16.1 Å². The third-order valence-corrected chi connectivity index (χ3v) is 4.21. The van der Waals surface area contributed by atoms with Gasteiger partial charge >= 0.3 is 5.97 Å². The molecule has 0 aromatic heterocycles. The van der Waals surface area contributed by atoms with Gasteiger partial charge in [0.05, 0.1) is 19.3 Å². The highest BCUT2D eigenvalue weighted by atomic mass is 19.1. The number of carbonyl (C=O) groups excluding carboxylic acids is 1. The third-order valence-electron chi connectivity index (χ3n) is 4.21. The summed E-state index contributed by atoms with van der Waals surface area (Å²) in [5.74, 6) is -0.608. The van der Waals surface area contributed by atoms with Gasteiger partial charge in [0.2, 0.25) is 0 Å². The van der Waals surface area contributed by atoms with E-state index < -0.39 is 5.82 Å². The summed E-state index contributed by atoms with van der Waals surface area (Å²) in [5.41, 5.74) is 7.90. The minimum Gasteiger partial charge on any atom is -0.483 e. The zero-order valence-electron chi connectivity index (χ0n) is 14.1. The summed E-state index contributed by atoms with van der Waals surface area (Å²) in [4.78, 5) is 13.4. The summed E-state index contributed by atoms with van der Waals surface area (Å²) >= 11 is 0. The third kappa shape index (κ3) is 4.02. The number of rotatable bonds is 5. The van der Waals surface area contributed by atoms with E-state index >= 15 is 0 Å². The Bertz CT molecular complexity index is 752. The number of ether oxygens (including phenoxy) is 2. The zero-order chi connectivity index (χ0) is 17.8. The first-order chi connectivity index (χ1) is 12.1. The summed E-state index contributed by atoms with van der Waals surface area (Å²) in [5, 5.41) is 0. The van der Waals surface area contributed by atoms with Crippen molar-refractivity contribution in [3.63, 3.8) is 0 Å². The van der Waals surface area contributed by atoms with Gasteiger partial charge < -0.3 is 20.1 Å². The average Bonchev–Trinajstić information content (AvgIpc) is 2.61. The molecule has 1 aliphatic heterocycles. The molecule has 1 aliphatic rings. The van der Waals surface area contributed by atoms with E-state index in [-0.39, 0.29) is 24.2 Å². The van der Waals surface area contributed by atoms with E-state index in [1.54, 1.807) is 6.07 Å². The van der Waals surface area contributed by atoms with Crippen LogP contribution in [0.25, 0.3) is 0 Å². The van der Waals surface area contributed by atoms with Crippen LogP contribution in [0.2, 0.25) is 0 Å². The first kappa shape index (κ1) is 17.1. The number of carbonyl (C=O) groups is 1. The van der Waals surface area contributed by atoms with Crippen molar-refractivity contribution in [2.75, 3.05) is 24.3 Å². The Morgan fingerprint density at radius 1 is 1.36 bits per heavy atom. The second-order valence-electron chi connectivity index (χ2n) is 6.07. The molecule has 0 fully saturated rings. The molecule has 0 radical (unpaired) electrons. The van der Waals surface area contributed by atoms with Crippen LogP contribution >= 0.6 is 0 Å². The molecule has 1 unspecified atom stereocenters. The number of esters is 1. The molecule has 25 heavy (non-hydrogen) atoms. The summed E-state index contributed by atoms with van der Waals surface area (Å²) in [6.07, 6.45) is 0.390. The molecule has 1 heterocycles. The van der Waals surface area contributed by atoms with Gasteiger partial charge in [-0.2, -0.15) is 0 Å². The summed E-state index contributed by atoms with van der Waals surface area (Å²) in [6.45, 7) is 1.15.